The Kier molecular flexibility index (Phi) is 7.23. The summed E-state index contributed by atoms with van der Waals surface area (Å²) in [5.41, 5.74) is 1.77. The Bertz CT molecular complexity index is 1600. The summed E-state index contributed by atoms with van der Waals surface area (Å²) in [5.74, 6) is -0.272. The molecule has 11 nitrogen and oxygen atoms in total. The standard InChI is InChI=1S/C32H38FN7O4S/c1-5-44-29(42)25-24(35-27(28-34-9-12-45-28)36-26(25)22-7-6-8-23(33)19(22)2)15-38-10-11-39-21(13-38)14-40(30(39)43)32-16-31(17-32,18-32)37(4)20(3)41/h6-9,12,21,26H,5,10-11,13-18H2,1-4H3,(H,35,36)/t21-,26-,31?,32?/m0/s1. The summed E-state index contributed by atoms with van der Waals surface area (Å²) in [4.78, 5) is 56.6. The number of nitrogens with one attached hydrogen (secondary N) is 1. The van der Waals surface area contributed by atoms with Gasteiger partial charge in [0.1, 0.15) is 11.9 Å². The number of aliphatic imine (C=N–C) groups is 1. The van der Waals surface area contributed by atoms with Gasteiger partial charge in [0.15, 0.2) is 10.8 Å². The highest BCUT2D eigenvalue weighted by Crippen LogP contribution is 2.66. The molecular formula is C32H38FN7O4S. The van der Waals surface area contributed by atoms with Gasteiger partial charge in [-0.1, -0.05) is 12.1 Å². The second kappa shape index (κ2) is 10.9. The quantitative estimate of drug-likeness (QED) is 0.444. The molecule has 2 saturated heterocycles. The van der Waals surface area contributed by atoms with Crippen LogP contribution < -0.4 is 5.32 Å². The van der Waals surface area contributed by atoms with Crippen molar-refractivity contribution in [2.75, 3.05) is 46.4 Å². The number of hydrogen-bond acceptors (Lipinski definition) is 9. The summed E-state index contributed by atoms with van der Waals surface area (Å²) >= 11 is 1.43. The lowest BCUT2D eigenvalue weighted by Crippen LogP contribution is -2.83. The van der Waals surface area contributed by atoms with E-state index >= 15 is 0 Å². The molecule has 6 aliphatic rings. The number of hydrogen-bond donors (Lipinski definition) is 1. The summed E-state index contributed by atoms with van der Waals surface area (Å²) in [6, 6.07) is 4.17. The normalized spacial score (nSPS) is 29.0. The maximum Gasteiger partial charge on any atom is 0.338 e. The molecule has 3 aliphatic heterocycles. The van der Waals surface area contributed by atoms with E-state index in [1.165, 1.54) is 17.4 Å². The summed E-state index contributed by atoms with van der Waals surface area (Å²) in [6.45, 7) is 8.15. The molecule has 1 N–H and O–H groups in total. The highest BCUT2D eigenvalue weighted by atomic mass is 32.1. The Hall–Kier alpha value is -3.84. The molecule has 238 valence electrons. The van der Waals surface area contributed by atoms with Crippen molar-refractivity contribution < 1.29 is 23.5 Å². The van der Waals surface area contributed by atoms with Crippen molar-refractivity contribution in [2.24, 2.45) is 4.99 Å². The van der Waals surface area contributed by atoms with Crippen LogP contribution in [0.15, 0.2) is 46.0 Å². The SMILES string of the molecule is CCOC(=O)C1=C(CN2CCN3C(=O)N(C45CC(N(C)C(C)=O)(C4)C5)C[C@@H]3C2)NC(c2nccs2)=N[C@H]1c1cccc(F)c1C. The van der Waals surface area contributed by atoms with Crippen molar-refractivity contribution in [1.82, 2.24) is 29.9 Å². The maximum atomic E-state index is 14.8. The van der Waals surface area contributed by atoms with Gasteiger partial charge in [0, 0.05) is 69.5 Å². The molecule has 2 aromatic rings. The minimum Gasteiger partial charge on any atom is -0.463 e. The van der Waals surface area contributed by atoms with Gasteiger partial charge in [0.2, 0.25) is 5.91 Å². The van der Waals surface area contributed by atoms with Gasteiger partial charge >= 0.3 is 12.0 Å². The fourth-order valence-corrected chi connectivity index (χ4v) is 8.55. The van der Waals surface area contributed by atoms with E-state index in [0.29, 0.717) is 66.0 Å². The van der Waals surface area contributed by atoms with Crippen LogP contribution in [0, 0.1) is 12.7 Å². The molecular weight excluding hydrogens is 597 g/mol. The number of urea groups is 1. The lowest BCUT2D eigenvalue weighted by Gasteiger charge is -2.75. The molecule has 4 heterocycles. The molecule has 0 spiro atoms. The first-order valence-corrected chi connectivity index (χ1v) is 16.4. The number of carbonyl (C=O) groups excluding carboxylic acids is 3. The van der Waals surface area contributed by atoms with Crippen LogP contribution >= 0.6 is 11.3 Å². The van der Waals surface area contributed by atoms with Crippen LogP contribution in [0.4, 0.5) is 9.18 Å². The van der Waals surface area contributed by atoms with Crippen molar-refractivity contribution >= 4 is 35.1 Å². The van der Waals surface area contributed by atoms with Crippen LogP contribution in [0.1, 0.15) is 55.3 Å². The summed E-state index contributed by atoms with van der Waals surface area (Å²) in [5, 5.41) is 5.93. The predicted molar refractivity (Wildman–Crippen MR) is 166 cm³/mol. The highest BCUT2D eigenvalue weighted by Gasteiger charge is 2.74. The molecule has 3 amide bonds. The first-order valence-electron chi connectivity index (χ1n) is 15.5. The first kappa shape index (κ1) is 29.8. The second-order valence-corrected chi connectivity index (χ2v) is 13.8. The van der Waals surface area contributed by atoms with Gasteiger partial charge in [-0.05, 0) is 50.3 Å². The van der Waals surface area contributed by atoms with E-state index in [0.717, 1.165) is 19.3 Å². The number of rotatable bonds is 8. The number of benzene rings is 1. The monoisotopic (exact) mass is 635 g/mol. The Morgan fingerprint density at radius 2 is 2.00 bits per heavy atom. The summed E-state index contributed by atoms with van der Waals surface area (Å²) < 4.78 is 20.3. The van der Waals surface area contributed by atoms with Crippen LogP contribution in [0.25, 0.3) is 0 Å². The number of halogens is 1. The van der Waals surface area contributed by atoms with Gasteiger partial charge in [-0.3, -0.25) is 14.7 Å². The average Bonchev–Trinajstić information content (AvgIpc) is 3.61. The van der Waals surface area contributed by atoms with Crippen LogP contribution in [-0.4, -0.2) is 112 Å². The molecule has 2 atom stereocenters. The number of ether oxygens (including phenoxy) is 1. The zero-order chi connectivity index (χ0) is 31.7. The number of amides is 3. The number of piperazine rings is 1. The number of amidine groups is 1. The number of fused-ring (bicyclic) bond motifs is 1. The molecule has 45 heavy (non-hydrogen) atoms. The molecule has 2 bridgehead atoms. The molecule has 8 rings (SSSR count). The molecule has 1 aromatic heterocycles. The smallest absolute Gasteiger partial charge is 0.338 e. The van der Waals surface area contributed by atoms with Crippen LogP contribution in [-0.2, 0) is 14.3 Å². The van der Waals surface area contributed by atoms with Crippen molar-refractivity contribution in [1.29, 1.82) is 0 Å². The molecule has 0 unspecified atom stereocenters. The van der Waals surface area contributed by atoms with Gasteiger partial charge in [-0.15, -0.1) is 11.3 Å². The fraction of sp³-hybridized carbons (Fsp3) is 0.531. The topological polar surface area (TPSA) is 111 Å². The largest absolute Gasteiger partial charge is 0.463 e. The number of carbonyl (C=O) groups is 3. The number of esters is 1. The molecule has 3 aliphatic carbocycles. The lowest BCUT2D eigenvalue weighted by molar-refractivity contribution is -0.209. The van der Waals surface area contributed by atoms with E-state index < -0.39 is 12.0 Å². The summed E-state index contributed by atoms with van der Waals surface area (Å²) in [7, 11) is 1.86. The lowest BCUT2D eigenvalue weighted by atomic mass is 9.42. The van der Waals surface area contributed by atoms with Crippen molar-refractivity contribution in [2.45, 2.75) is 63.2 Å². The van der Waals surface area contributed by atoms with Crippen LogP contribution in [0.3, 0.4) is 0 Å². The molecule has 5 fully saturated rings. The Morgan fingerprint density at radius 1 is 1.22 bits per heavy atom. The molecule has 0 radical (unpaired) electrons. The van der Waals surface area contributed by atoms with Gasteiger partial charge in [0.25, 0.3) is 0 Å². The Balaban J connectivity index is 1.14. The van der Waals surface area contributed by atoms with Gasteiger partial charge in [0.05, 0.1) is 23.8 Å². The third-order valence-electron chi connectivity index (χ3n) is 10.4. The van der Waals surface area contributed by atoms with Gasteiger partial charge in [-0.2, -0.15) is 0 Å². The van der Waals surface area contributed by atoms with Crippen molar-refractivity contribution in [3.63, 3.8) is 0 Å². The fourth-order valence-electron chi connectivity index (χ4n) is 7.96. The highest BCUT2D eigenvalue weighted by molar-refractivity contribution is 7.11. The summed E-state index contributed by atoms with van der Waals surface area (Å²) in [6.07, 6.45) is 4.22. The predicted octanol–water partition coefficient (Wildman–Crippen LogP) is 3.07. The van der Waals surface area contributed by atoms with E-state index in [-0.39, 0.29) is 41.5 Å². The maximum absolute atomic E-state index is 14.8. The van der Waals surface area contributed by atoms with E-state index in [1.807, 2.05) is 22.2 Å². The molecule has 3 saturated carbocycles. The van der Waals surface area contributed by atoms with E-state index in [1.54, 1.807) is 39.1 Å². The van der Waals surface area contributed by atoms with E-state index in [9.17, 15) is 18.8 Å². The van der Waals surface area contributed by atoms with Crippen molar-refractivity contribution in [3.8, 4) is 0 Å². The van der Waals surface area contributed by atoms with Gasteiger partial charge in [-0.25, -0.2) is 19.0 Å². The number of nitrogens with zero attached hydrogens (tertiary/aromatic N) is 6. The zero-order valence-electron chi connectivity index (χ0n) is 26.0. The zero-order valence-corrected chi connectivity index (χ0v) is 26.8. The van der Waals surface area contributed by atoms with E-state index in [2.05, 4.69) is 20.1 Å². The van der Waals surface area contributed by atoms with Crippen LogP contribution in [0.5, 0.6) is 0 Å². The second-order valence-electron chi connectivity index (χ2n) is 12.9. The van der Waals surface area contributed by atoms with E-state index in [4.69, 9.17) is 9.73 Å². The number of thiazole rings is 1. The van der Waals surface area contributed by atoms with Crippen LogP contribution in [0.2, 0.25) is 0 Å². The number of aromatic nitrogens is 1. The minimum absolute atomic E-state index is 0.0188. The average molecular weight is 636 g/mol. The van der Waals surface area contributed by atoms with Gasteiger partial charge < -0.3 is 24.8 Å². The third kappa shape index (κ3) is 4.73. The Labute approximate surface area is 265 Å². The Morgan fingerprint density at radius 3 is 2.69 bits per heavy atom. The first-order chi connectivity index (χ1) is 21.6. The molecule has 1 aromatic carbocycles. The molecule has 13 heteroatoms. The minimum atomic E-state index is -0.774. The third-order valence-corrected chi connectivity index (χ3v) is 11.2. The van der Waals surface area contributed by atoms with Crippen molar-refractivity contribution in [3.05, 3.63) is 63.0 Å².